The van der Waals surface area contributed by atoms with Crippen LogP contribution in [-0.2, 0) is 9.31 Å². The lowest BCUT2D eigenvalue weighted by molar-refractivity contribution is 0.365. The lowest BCUT2D eigenvalue weighted by Crippen LogP contribution is -2.12. The van der Waals surface area contributed by atoms with Crippen LogP contribution in [0.2, 0.25) is 6.32 Å². The van der Waals surface area contributed by atoms with Gasteiger partial charge < -0.3 is 9.31 Å². The van der Waals surface area contributed by atoms with E-state index in [-0.39, 0.29) is 7.12 Å². The van der Waals surface area contributed by atoms with Gasteiger partial charge in [-0.3, -0.25) is 0 Å². The topological polar surface area (TPSA) is 18.5 Å². The summed E-state index contributed by atoms with van der Waals surface area (Å²) in [5.74, 6) is 0. The molecule has 0 aromatic heterocycles. The van der Waals surface area contributed by atoms with Crippen molar-refractivity contribution in [2.45, 2.75) is 12.7 Å². The molecule has 0 aromatic carbocycles. The summed E-state index contributed by atoms with van der Waals surface area (Å²) in [4.78, 5) is 0. The molecule has 1 rings (SSSR count). The smallest absolute Gasteiger partial charge is 0.409 e. The minimum Gasteiger partial charge on any atom is -0.409 e. The molecule has 50 valence electrons. The number of hydrogen-bond acceptors (Lipinski definition) is 2. The summed E-state index contributed by atoms with van der Waals surface area (Å²) in [5, 5.41) is 0. The highest BCUT2D eigenvalue weighted by atomic mass is 16.6. The molecule has 0 spiro atoms. The number of hydrogen-bond donors (Lipinski definition) is 0. The maximum atomic E-state index is 5.18. The predicted molar refractivity (Wildman–Crippen MR) is 37.3 cm³/mol. The Balaban J connectivity index is 2.04. The first kappa shape index (κ1) is 6.84. The highest BCUT2D eigenvalue weighted by Gasteiger charge is 2.21. The minimum absolute atomic E-state index is 0.0444. The third-order valence-corrected chi connectivity index (χ3v) is 1.30. The van der Waals surface area contributed by atoms with E-state index < -0.39 is 0 Å². The van der Waals surface area contributed by atoms with Gasteiger partial charge in [0.05, 0.1) is 13.2 Å². The normalized spacial score (nSPS) is 18.4. The van der Waals surface area contributed by atoms with Gasteiger partial charge in [0.15, 0.2) is 0 Å². The summed E-state index contributed by atoms with van der Waals surface area (Å²) in [6, 6.07) is 0. The molecule has 1 saturated heterocycles. The van der Waals surface area contributed by atoms with Gasteiger partial charge in [-0.1, -0.05) is 6.08 Å². The van der Waals surface area contributed by atoms with E-state index in [0.29, 0.717) is 0 Å². The van der Waals surface area contributed by atoms with Crippen molar-refractivity contribution in [1.29, 1.82) is 0 Å². The average molecular weight is 126 g/mol. The highest BCUT2D eigenvalue weighted by Crippen LogP contribution is 2.06. The van der Waals surface area contributed by atoms with Gasteiger partial charge in [0, 0.05) is 0 Å². The zero-order valence-corrected chi connectivity index (χ0v) is 5.51. The van der Waals surface area contributed by atoms with Gasteiger partial charge in [0.2, 0.25) is 0 Å². The van der Waals surface area contributed by atoms with Gasteiger partial charge in [0.25, 0.3) is 0 Å². The molecule has 0 amide bonds. The van der Waals surface area contributed by atoms with Crippen LogP contribution in [0.5, 0.6) is 0 Å². The fraction of sp³-hybridized carbons (Fsp3) is 0.667. The third kappa shape index (κ3) is 2.20. The van der Waals surface area contributed by atoms with Crippen LogP contribution in [0.15, 0.2) is 12.7 Å². The molecule has 0 saturated carbocycles. The maximum absolute atomic E-state index is 5.18. The largest absolute Gasteiger partial charge is 0.457 e. The zero-order chi connectivity index (χ0) is 6.53. The van der Waals surface area contributed by atoms with Crippen molar-refractivity contribution in [1.82, 2.24) is 0 Å². The van der Waals surface area contributed by atoms with Gasteiger partial charge in [0.1, 0.15) is 0 Å². The number of rotatable bonds is 3. The molecule has 9 heavy (non-hydrogen) atoms. The maximum Gasteiger partial charge on any atom is 0.457 e. The minimum atomic E-state index is 0.0444. The monoisotopic (exact) mass is 126 g/mol. The molecule has 3 heteroatoms. The Kier molecular flexibility index (Phi) is 2.81. The molecule has 0 radical (unpaired) electrons. The van der Waals surface area contributed by atoms with E-state index in [4.69, 9.17) is 9.31 Å². The Labute approximate surface area is 56.0 Å². The molecule has 1 aliphatic heterocycles. The van der Waals surface area contributed by atoms with Crippen LogP contribution in [0.3, 0.4) is 0 Å². The second-order valence-corrected chi connectivity index (χ2v) is 2.04. The van der Waals surface area contributed by atoms with Gasteiger partial charge in [-0.05, 0) is 12.7 Å². The van der Waals surface area contributed by atoms with Gasteiger partial charge >= 0.3 is 7.12 Å². The molecule has 0 atom stereocenters. The average Bonchev–Trinajstić information content (AvgIpc) is 2.34. The van der Waals surface area contributed by atoms with Crippen LogP contribution in [0, 0.1) is 0 Å². The van der Waals surface area contributed by atoms with E-state index in [2.05, 4.69) is 6.58 Å². The Morgan fingerprint density at radius 3 is 2.67 bits per heavy atom. The van der Waals surface area contributed by atoms with Crippen molar-refractivity contribution in [2.75, 3.05) is 13.2 Å². The number of allylic oxidation sites excluding steroid dienone is 1. The van der Waals surface area contributed by atoms with Crippen LogP contribution >= 0.6 is 0 Å². The molecule has 0 N–H and O–H groups in total. The fourth-order valence-corrected chi connectivity index (χ4v) is 0.828. The van der Waals surface area contributed by atoms with Crippen LogP contribution in [0.1, 0.15) is 6.42 Å². The molecule has 1 heterocycles. The lowest BCUT2D eigenvalue weighted by atomic mass is 9.84. The summed E-state index contributed by atoms with van der Waals surface area (Å²) < 4.78 is 10.4. The summed E-state index contributed by atoms with van der Waals surface area (Å²) in [7, 11) is 0.0444. The van der Waals surface area contributed by atoms with Crippen molar-refractivity contribution >= 4 is 7.12 Å². The van der Waals surface area contributed by atoms with Crippen LogP contribution in [0.4, 0.5) is 0 Å². The van der Waals surface area contributed by atoms with Crippen LogP contribution in [0.25, 0.3) is 0 Å². The van der Waals surface area contributed by atoms with Crippen molar-refractivity contribution in [3.63, 3.8) is 0 Å². The zero-order valence-electron chi connectivity index (χ0n) is 5.51. The van der Waals surface area contributed by atoms with E-state index in [1.807, 2.05) is 6.08 Å². The molecule has 2 nitrogen and oxygen atoms in total. The Morgan fingerprint density at radius 2 is 2.11 bits per heavy atom. The van der Waals surface area contributed by atoms with E-state index in [0.717, 1.165) is 26.0 Å². The SMILES string of the molecule is C=CCCB1OCCO1. The van der Waals surface area contributed by atoms with Gasteiger partial charge in [-0.2, -0.15) is 0 Å². The quantitative estimate of drug-likeness (QED) is 0.416. The summed E-state index contributed by atoms with van der Waals surface area (Å²) in [5.41, 5.74) is 0. The summed E-state index contributed by atoms with van der Waals surface area (Å²) >= 11 is 0. The van der Waals surface area contributed by atoms with Crippen LogP contribution in [-0.4, -0.2) is 20.3 Å². The first-order chi connectivity index (χ1) is 4.43. The molecule has 1 aliphatic rings. The molecule has 0 unspecified atom stereocenters. The van der Waals surface area contributed by atoms with E-state index >= 15 is 0 Å². The Bertz CT molecular complexity index is 89.1. The molecule has 1 fully saturated rings. The first-order valence-corrected chi connectivity index (χ1v) is 3.27. The van der Waals surface area contributed by atoms with Crippen molar-refractivity contribution < 1.29 is 9.31 Å². The Morgan fingerprint density at radius 1 is 1.44 bits per heavy atom. The summed E-state index contributed by atoms with van der Waals surface area (Å²) in [6.07, 6.45) is 3.80. The summed E-state index contributed by atoms with van der Waals surface area (Å²) in [6.45, 7) is 5.11. The third-order valence-electron chi connectivity index (χ3n) is 1.30. The second-order valence-electron chi connectivity index (χ2n) is 2.04. The van der Waals surface area contributed by atoms with E-state index in [9.17, 15) is 0 Å². The van der Waals surface area contributed by atoms with Crippen molar-refractivity contribution in [2.24, 2.45) is 0 Å². The van der Waals surface area contributed by atoms with E-state index in [1.54, 1.807) is 0 Å². The Hall–Kier alpha value is -0.275. The van der Waals surface area contributed by atoms with E-state index in [1.165, 1.54) is 0 Å². The second kappa shape index (κ2) is 3.69. The van der Waals surface area contributed by atoms with Gasteiger partial charge in [-0.15, -0.1) is 6.58 Å². The van der Waals surface area contributed by atoms with Crippen molar-refractivity contribution in [3.05, 3.63) is 12.7 Å². The van der Waals surface area contributed by atoms with Crippen molar-refractivity contribution in [3.8, 4) is 0 Å². The first-order valence-electron chi connectivity index (χ1n) is 3.27. The molecular weight excluding hydrogens is 115 g/mol. The molecule has 0 aromatic rings. The fourth-order valence-electron chi connectivity index (χ4n) is 0.828. The van der Waals surface area contributed by atoms with Crippen LogP contribution < -0.4 is 0 Å². The standard InChI is InChI=1S/C6H11BO2/c1-2-3-4-7-8-5-6-9-7/h2H,1,3-6H2. The highest BCUT2D eigenvalue weighted by molar-refractivity contribution is 6.44. The molecular formula is C6H11BO2. The predicted octanol–water partition coefficient (Wildman–Crippen LogP) is 1.10. The lowest BCUT2D eigenvalue weighted by Gasteiger charge is -1.98. The molecule has 0 bridgehead atoms. The molecule has 0 aliphatic carbocycles. The van der Waals surface area contributed by atoms with Gasteiger partial charge in [-0.25, -0.2) is 0 Å².